The van der Waals surface area contributed by atoms with Gasteiger partial charge in [-0.25, -0.2) is 0 Å². The smallest absolute Gasteiger partial charge is 0.224 e. The van der Waals surface area contributed by atoms with Gasteiger partial charge in [-0.1, -0.05) is 12.8 Å². The van der Waals surface area contributed by atoms with Crippen molar-refractivity contribution in [3.8, 4) is 0 Å². The molecule has 2 N–H and O–H groups in total. The second-order valence-corrected chi connectivity index (χ2v) is 4.63. The molecule has 0 radical (unpaired) electrons. The molecular weight excluding hydrogens is 176 g/mol. The number of hydrogen-bond donors (Lipinski definition) is 2. The molecule has 1 aliphatic carbocycles. The first-order valence-corrected chi connectivity index (χ1v) is 5.81. The monoisotopic (exact) mass is 196 g/mol. The average Bonchev–Trinajstić information content (AvgIpc) is 2.75. The van der Waals surface area contributed by atoms with Crippen molar-refractivity contribution in [2.45, 2.75) is 51.1 Å². The van der Waals surface area contributed by atoms with Gasteiger partial charge in [-0.2, -0.15) is 0 Å². The molecule has 14 heavy (non-hydrogen) atoms. The number of nitrogens with one attached hydrogen (secondary N) is 2. The predicted octanol–water partition coefficient (Wildman–Crippen LogP) is 1.04. The molecule has 1 aliphatic heterocycles. The van der Waals surface area contributed by atoms with Gasteiger partial charge in [-0.15, -0.1) is 0 Å². The summed E-state index contributed by atoms with van der Waals surface area (Å²) in [4.78, 5) is 11.9. The predicted molar refractivity (Wildman–Crippen MR) is 56.0 cm³/mol. The summed E-state index contributed by atoms with van der Waals surface area (Å²) < 4.78 is 0. The summed E-state index contributed by atoms with van der Waals surface area (Å²) in [5.41, 5.74) is 0. The maximum Gasteiger partial charge on any atom is 0.224 e. The molecule has 0 aromatic rings. The molecule has 2 unspecified atom stereocenters. The van der Waals surface area contributed by atoms with Crippen molar-refractivity contribution in [3.63, 3.8) is 0 Å². The van der Waals surface area contributed by atoms with Gasteiger partial charge in [0.05, 0.1) is 5.92 Å². The minimum absolute atomic E-state index is 0.204. The van der Waals surface area contributed by atoms with Gasteiger partial charge in [-0.3, -0.25) is 4.79 Å². The van der Waals surface area contributed by atoms with Gasteiger partial charge in [0.1, 0.15) is 0 Å². The molecule has 80 valence electrons. The third kappa shape index (κ3) is 2.08. The van der Waals surface area contributed by atoms with E-state index >= 15 is 0 Å². The van der Waals surface area contributed by atoms with Crippen LogP contribution in [0.3, 0.4) is 0 Å². The first-order chi connectivity index (χ1) is 6.77. The molecule has 0 bridgehead atoms. The van der Waals surface area contributed by atoms with Crippen LogP contribution in [0.5, 0.6) is 0 Å². The molecule has 1 saturated carbocycles. The van der Waals surface area contributed by atoms with E-state index < -0.39 is 0 Å². The van der Waals surface area contributed by atoms with Gasteiger partial charge in [-0.05, 0) is 32.7 Å². The van der Waals surface area contributed by atoms with Crippen LogP contribution in [0.25, 0.3) is 0 Å². The highest BCUT2D eigenvalue weighted by atomic mass is 16.2. The van der Waals surface area contributed by atoms with Crippen LogP contribution in [-0.4, -0.2) is 24.5 Å². The Morgan fingerprint density at radius 3 is 2.57 bits per heavy atom. The zero-order valence-corrected chi connectivity index (χ0v) is 8.88. The summed E-state index contributed by atoms with van der Waals surface area (Å²) >= 11 is 0. The van der Waals surface area contributed by atoms with E-state index in [1.807, 2.05) is 0 Å². The highest BCUT2D eigenvalue weighted by molar-refractivity contribution is 5.80. The van der Waals surface area contributed by atoms with E-state index in [1.54, 1.807) is 0 Å². The zero-order chi connectivity index (χ0) is 9.97. The topological polar surface area (TPSA) is 41.1 Å². The van der Waals surface area contributed by atoms with Crippen LogP contribution in [0.1, 0.15) is 39.0 Å². The van der Waals surface area contributed by atoms with Gasteiger partial charge < -0.3 is 10.6 Å². The molecule has 2 fully saturated rings. The number of hydrogen-bond acceptors (Lipinski definition) is 2. The van der Waals surface area contributed by atoms with E-state index in [2.05, 4.69) is 17.6 Å². The summed E-state index contributed by atoms with van der Waals surface area (Å²) in [6, 6.07) is 0.826. The Morgan fingerprint density at radius 1 is 1.29 bits per heavy atom. The summed E-state index contributed by atoms with van der Waals surface area (Å²) in [7, 11) is 0. The lowest BCUT2D eigenvalue weighted by Crippen LogP contribution is -2.41. The zero-order valence-electron chi connectivity index (χ0n) is 8.88. The molecule has 3 nitrogen and oxygen atoms in total. The standard InChI is InChI=1S/C11H20N2O/c1-8-10(6-7-12-8)11(14)13-9-4-2-3-5-9/h8-10,12H,2-7H2,1H3,(H,13,14). The molecule has 1 saturated heterocycles. The second kappa shape index (κ2) is 4.30. The SMILES string of the molecule is CC1NCCC1C(=O)NC1CCCC1. The lowest BCUT2D eigenvalue weighted by molar-refractivity contribution is -0.125. The molecular formula is C11H20N2O. The molecule has 1 amide bonds. The van der Waals surface area contributed by atoms with Crippen LogP contribution in [0.4, 0.5) is 0 Å². The van der Waals surface area contributed by atoms with Gasteiger partial charge in [0.15, 0.2) is 0 Å². The quantitative estimate of drug-likeness (QED) is 0.693. The van der Waals surface area contributed by atoms with Gasteiger partial charge in [0, 0.05) is 12.1 Å². The van der Waals surface area contributed by atoms with E-state index in [0.29, 0.717) is 12.1 Å². The van der Waals surface area contributed by atoms with E-state index in [0.717, 1.165) is 13.0 Å². The maximum absolute atomic E-state index is 11.9. The first kappa shape index (κ1) is 9.97. The Hall–Kier alpha value is -0.570. The van der Waals surface area contributed by atoms with Crippen molar-refractivity contribution >= 4 is 5.91 Å². The van der Waals surface area contributed by atoms with Gasteiger partial charge in [0.25, 0.3) is 0 Å². The normalized spacial score (nSPS) is 33.5. The third-order valence-electron chi connectivity index (χ3n) is 3.56. The lowest BCUT2D eigenvalue weighted by Gasteiger charge is -2.18. The van der Waals surface area contributed by atoms with Gasteiger partial charge >= 0.3 is 0 Å². The molecule has 2 rings (SSSR count). The Labute approximate surface area is 85.6 Å². The van der Waals surface area contributed by atoms with Crippen molar-refractivity contribution in [3.05, 3.63) is 0 Å². The highest BCUT2D eigenvalue weighted by Crippen LogP contribution is 2.20. The van der Waals surface area contributed by atoms with Crippen LogP contribution in [0.2, 0.25) is 0 Å². The number of amides is 1. The fraction of sp³-hybridized carbons (Fsp3) is 0.909. The summed E-state index contributed by atoms with van der Waals surface area (Å²) in [5.74, 6) is 0.477. The first-order valence-electron chi connectivity index (χ1n) is 5.81. The van der Waals surface area contributed by atoms with Crippen LogP contribution >= 0.6 is 0 Å². The fourth-order valence-corrected chi connectivity index (χ4v) is 2.60. The summed E-state index contributed by atoms with van der Waals surface area (Å²) in [6.45, 7) is 3.09. The van der Waals surface area contributed by atoms with Crippen molar-refractivity contribution in [1.82, 2.24) is 10.6 Å². The minimum Gasteiger partial charge on any atom is -0.353 e. The summed E-state index contributed by atoms with van der Waals surface area (Å²) in [5, 5.41) is 6.49. The molecule has 0 spiro atoms. The summed E-state index contributed by atoms with van der Waals surface area (Å²) in [6.07, 6.45) is 5.92. The fourth-order valence-electron chi connectivity index (χ4n) is 2.60. The Bertz CT molecular complexity index is 211. The van der Waals surface area contributed by atoms with Crippen LogP contribution in [-0.2, 0) is 4.79 Å². The molecule has 2 aliphatic rings. The Morgan fingerprint density at radius 2 is 2.00 bits per heavy atom. The number of carbonyl (C=O) groups is 1. The minimum atomic E-state index is 0.204. The lowest BCUT2D eigenvalue weighted by atomic mass is 10.0. The second-order valence-electron chi connectivity index (χ2n) is 4.63. The third-order valence-corrected chi connectivity index (χ3v) is 3.56. The van der Waals surface area contributed by atoms with Crippen molar-refractivity contribution < 1.29 is 4.79 Å². The largest absolute Gasteiger partial charge is 0.353 e. The molecule has 2 atom stereocenters. The van der Waals surface area contributed by atoms with E-state index in [-0.39, 0.29) is 11.8 Å². The molecule has 0 aromatic carbocycles. The van der Waals surface area contributed by atoms with E-state index in [1.165, 1.54) is 25.7 Å². The Kier molecular flexibility index (Phi) is 3.06. The molecule has 3 heteroatoms. The maximum atomic E-state index is 11.9. The van der Waals surface area contributed by atoms with Crippen molar-refractivity contribution in [1.29, 1.82) is 0 Å². The number of carbonyl (C=O) groups excluding carboxylic acids is 1. The number of rotatable bonds is 2. The van der Waals surface area contributed by atoms with Crippen molar-refractivity contribution in [2.75, 3.05) is 6.54 Å². The molecule has 1 heterocycles. The van der Waals surface area contributed by atoms with Crippen LogP contribution in [0, 0.1) is 5.92 Å². The van der Waals surface area contributed by atoms with Crippen LogP contribution in [0.15, 0.2) is 0 Å². The van der Waals surface area contributed by atoms with E-state index in [9.17, 15) is 4.79 Å². The Balaban J connectivity index is 1.82. The molecule has 0 aromatic heterocycles. The average molecular weight is 196 g/mol. The van der Waals surface area contributed by atoms with E-state index in [4.69, 9.17) is 0 Å². The van der Waals surface area contributed by atoms with Gasteiger partial charge in [0.2, 0.25) is 5.91 Å². The highest BCUT2D eigenvalue weighted by Gasteiger charge is 2.30. The van der Waals surface area contributed by atoms with Crippen LogP contribution < -0.4 is 10.6 Å². The van der Waals surface area contributed by atoms with Crippen molar-refractivity contribution in [2.24, 2.45) is 5.92 Å².